The maximum atomic E-state index is 11.7. The zero-order valence-corrected chi connectivity index (χ0v) is 9.22. The largest absolute Gasteiger partial charge is 0.299 e. The first-order chi connectivity index (χ1) is 7.36. The van der Waals surface area contributed by atoms with Gasteiger partial charge in [0.05, 0.1) is 0 Å². The van der Waals surface area contributed by atoms with Crippen LogP contribution in [-0.2, 0) is 4.79 Å². The highest BCUT2D eigenvalue weighted by Crippen LogP contribution is 2.37. The van der Waals surface area contributed by atoms with Crippen molar-refractivity contribution in [3.63, 3.8) is 0 Å². The monoisotopic (exact) mass is 216 g/mol. The molecule has 0 radical (unpaired) electrons. The Morgan fingerprint density at radius 3 is 3.00 bits per heavy atom. The summed E-state index contributed by atoms with van der Waals surface area (Å²) in [6.07, 6.45) is 2.87. The Balaban J connectivity index is 2.17. The molecule has 0 N–H and O–H groups in total. The van der Waals surface area contributed by atoms with Crippen LogP contribution < -0.4 is 0 Å². The van der Waals surface area contributed by atoms with Gasteiger partial charge in [0.2, 0.25) is 0 Å². The number of carbonyl (C=O) groups is 1. The number of hydrogen-bond acceptors (Lipinski definition) is 2. The highest BCUT2D eigenvalue weighted by atomic mass is 32.1. The highest BCUT2D eigenvalue weighted by Gasteiger charge is 2.27. The Kier molecular flexibility index (Phi) is 2.10. The second-order valence-electron chi connectivity index (χ2n) is 4.10. The fourth-order valence-corrected chi connectivity index (χ4v) is 3.40. The van der Waals surface area contributed by atoms with Crippen LogP contribution in [0.4, 0.5) is 0 Å². The SMILES string of the molecule is O=C1CCCC1c1cccc2ccsc12. The first kappa shape index (κ1) is 9.10. The number of ketones is 1. The van der Waals surface area contributed by atoms with Crippen LogP contribution in [0.25, 0.3) is 10.1 Å². The average molecular weight is 216 g/mol. The number of Topliss-reactive ketones (excluding diaryl/α,β-unsaturated/α-hetero) is 1. The zero-order chi connectivity index (χ0) is 10.3. The zero-order valence-electron chi connectivity index (χ0n) is 8.40. The van der Waals surface area contributed by atoms with Gasteiger partial charge in [-0.3, -0.25) is 4.79 Å². The summed E-state index contributed by atoms with van der Waals surface area (Å²) >= 11 is 1.75. The summed E-state index contributed by atoms with van der Waals surface area (Å²) in [6.45, 7) is 0. The Bertz CT molecular complexity index is 512. The molecule has 2 aromatic rings. The Morgan fingerprint density at radius 1 is 1.27 bits per heavy atom. The van der Waals surface area contributed by atoms with Crippen LogP contribution in [0.2, 0.25) is 0 Å². The molecule has 0 aliphatic heterocycles. The van der Waals surface area contributed by atoms with Gasteiger partial charge in [-0.1, -0.05) is 18.2 Å². The predicted octanol–water partition coefficient (Wildman–Crippen LogP) is 3.74. The molecule has 3 rings (SSSR count). The van der Waals surface area contributed by atoms with Gasteiger partial charge in [-0.2, -0.15) is 0 Å². The van der Waals surface area contributed by atoms with Gasteiger partial charge < -0.3 is 0 Å². The summed E-state index contributed by atoms with van der Waals surface area (Å²) in [4.78, 5) is 11.7. The summed E-state index contributed by atoms with van der Waals surface area (Å²) in [5.74, 6) is 0.600. The molecule has 1 atom stereocenters. The lowest BCUT2D eigenvalue weighted by Gasteiger charge is -2.09. The molecule has 1 nitrogen and oxygen atoms in total. The minimum Gasteiger partial charge on any atom is -0.299 e. The molecule has 1 aliphatic carbocycles. The van der Waals surface area contributed by atoms with Crippen molar-refractivity contribution in [1.82, 2.24) is 0 Å². The van der Waals surface area contributed by atoms with Crippen molar-refractivity contribution in [3.8, 4) is 0 Å². The molecule has 1 fully saturated rings. The molecule has 2 heteroatoms. The molecular weight excluding hydrogens is 204 g/mol. The van der Waals surface area contributed by atoms with Crippen molar-refractivity contribution in [2.24, 2.45) is 0 Å². The van der Waals surface area contributed by atoms with Gasteiger partial charge in [0, 0.05) is 17.0 Å². The summed E-state index contributed by atoms with van der Waals surface area (Å²) in [5, 5.41) is 3.38. The second kappa shape index (κ2) is 3.46. The van der Waals surface area contributed by atoms with Crippen LogP contribution in [0.15, 0.2) is 29.6 Å². The summed E-state index contributed by atoms with van der Waals surface area (Å²) in [5.41, 5.74) is 1.25. The van der Waals surface area contributed by atoms with E-state index in [9.17, 15) is 4.79 Å². The van der Waals surface area contributed by atoms with E-state index in [0.29, 0.717) is 5.78 Å². The second-order valence-corrected chi connectivity index (χ2v) is 5.01. The molecule has 0 amide bonds. The van der Waals surface area contributed by atoms with Crippen LogP contribution in [0.1, 0.15) is 30.7 Å². The minimum absolute atomic E-state index is 0.173. The normalized spacial score (nSPS) is 21.3. The van der Waals surface area contributed by atoms with Gasteiger partial charge in [-0.15, -0.1) is 11.3 Å². The average Bonchev–Trinajstić information content (AvgIpc) is 2.85. The van der Waals surface area contributed by atoms with E-state index in [1.54, 1.807) is 11.3 Å². The Hall–Kier alpha value is -1.15. The van der Waals surface area contributed by atoms with E-state index in [1.807, 2.05) is 0 Å². The highest BCUT2D eigenvalue weighted by molar-refractivity contribution is 7.17. The first-order valence-electron chi connectivity index (χ1n) is 5.35. The molecule has 1 aromatic heterocycles. The van der Waals surface area contributed by atoms with Crippen LogP contribution in [0, 0.1) is 0 Å². The fourth-order valence-electron chi connectivity index (χ4n) is 2.44. The van der Waals surface area contributed by atoms with Crippen LogP contribution >= 0.6 is 11.3 Å². The lowest BCUT2D eigenvalue weighted by atomic mass is 9.96. The van der Waals surface area contributed by atoms with E-state index >= 15 is 0 Å². The van der Waals surface area contributed by atoms with Crippen molar-refractivity contribution < 1.29 is 4.79 Å². The molecule has 1 aliphatic rings. The predicted molar refractivity (Wildman–Crippen MR) is 63.4 cm³/mol. The van der Waals surface area contributed by atoms with Crippen molar-refractivity contribution in [1.29, 1.82) is 0 Å². The third-order valence-electron chi connectivity index (χ3n) is 3.19. The molecule has 1 heterocycles. The van der Waals surface area contributed by atoms with E-state index in [-0.39, 0.29) is 5.92 Å². The number of thiophene rings is 1. The van der Waals surface area contributed by atoms with E-state index < -0.39 is 0 Å². The molecular formula is C13H12OS. The molecule has 0 saturated heterocycles. The molecule has 1 unspecified atom stereocenters. The van der Waals surface area contributed by atoms with E-state index in [2.05, 4.69) is 29.6 Å². The molecule has 1 saturated carbocycles. The van der Waals surface area contributed by atoms with Crippen molar-refractivity contribution >= 4 is 27.2 Å². The third-order valence-corrected chi connectivity index (χ3v) is 4.17. The first-order valence-corrected chi connectivity index (χ1v) is 6.23. The van der Waals surface area contributed by atoms with Crippen molar-refractivity contribution in [2.45, 2.75) is 25.2 Å². The Labute approximate surface area is 92.7 Å². The van der Waals surface area contributed by atoms with E-state index in [0.717, 1.165) is 19.3 Å². The molecule has 15 heavy (non-hydrogen) atoms. The molecule has 76 valence electrons. The van der Waals surface area contributed by atoms with Gasteiger partial charge in [0.25, 0.3) is 0 Å². The van der Waals surface area contributed by atoms with Gasteiger partial charge in [0.15, 0.2) is 0 Å². The number of fused-ring (bicyclic) bond motifs is 1. The lowest BCUT2D eigenvalue weighted by Crippen LogP contribution is -2.03. The summed E-state index contributed by atoms with van der Waals surface area (Å²) < 4.78 is 1.30. The molecule has 0 spiro atoms. The summed E-state index contributed by atoms with van der Waals surface area (Å²) in [6, 6.07) is 8.43. The van der Waals surface area contributed by atoms with Gasteiger partial charge in [0.1, 0.15) is 5.78 Å². The van der Waals surface area contributed by atoms with Gasteiger partial charge in [-0.05, 0) is 35.2 Å². The van der Waals surface area contributed by atoms with Crippen molar-refractivity contribution in [3.05, 3.63) is 35.2 Å². The summed E-state index contributed by atoms with van der Waals surface area (Å²) in [7, 11) is 0. The number of hydrogen-bond donors (Lipinski definition) is 0. The third kappa shape index (κ3) is 1.40. The van der Waals surface area contributed by atoms with Crippen molar-refractivity contribution in [2.75, 3.05) is 0 Å². The molecule has 0 bridgehead atoms. The van der Waals surface area contributed by atoms with Crippen LogP contribution in [-0.4, -0.2) is 5.78 Å². The van der Waals surface area contributed by atoms with E-state index in [1.165, 1.54) is 15.6 Å². The quantitative estimate of drug-likeness (QED) is 0.709. The van der Waals surface area contributed by atoms with Crippen LogP contribution in [0.3, 0.4) is 0 Å². The number of carbonyl (C=O) groups excluding carboxylic acids is 1. The number of benzene rings is 1. The van der Waals surface area contributed by atoms with E-state index in [4.69, 9.17) is 0 Å². The maximum Gasteiger partial charge on any atom is 0.140 e. The fraction of sp³-hybridized carbons (Fsp3) is 0.308. The number of rotatable bonds is 1. The van der Waals surface area contributed by atoms with Gasteiger partial charge in [-0.25, -0.2) is 0 Å². The van der Waals surface area contributed by atoms with Crippen LogP contribution in [0.5, 0.6) is 0 Å². The smallest absolute Gasteiger partial charge is 0.140 e. The maximum absolute atomic E-state index is 11.7. The van der Waals surface area contributed by atoms with Gasteiger partial charge >= 0.3 is 0 Å². The lowest BCUT2D eigenvalue weighted by molar-refractivity contribution is -0.118. The Morgan fingerprint density at radius 2 is 2.20 bits per heavy atom. The minimum atomic E-state index is 0.173. The molecule has 1 aromatic carbocycles. The standard InChI is InChI=1S/C13H12OS/c14-12-6-2-4-10(12)11-5-1-3-9-7-8-15-13(9)11/h1,3,5,7-8,10H,2,4,6H2. The topological polar surface area (TPSA) is 17.1 Å².